The molecule has 3 aliphatic heterocycles. The molecule has 166 valence electrons. The largest absolute Gasteiger partial charge is 0.483 e. The molecule has 11 heteroatoms. The number of fused-ring (bicyclic) bond motifs is 1. The first-order valence-corrected chi connectivity index (χ1v) is 9.93. The normalized spacial score (nSPS) is 22.6. The lowest BCUT2D eigenvalue weighted by atomic mass is 10.0. The van der Waals surface area contributed by atoms with E-state index >= 15 is 0 Å². The van der Waals surface area contributed by atoms with Crippen LogP contribution in [0, 0.1) is 0 Å². The molecule has 3 aliphatic rings. The smallest absolute Gasteiger partial charge is 0.266 e. The lowest BCUT2D eigenvalue weighted by Crippen LogP contribution is -2.54. The molecule has 0 spiro atoms. The lowest BCUT2D eigenvalue weighted by Gasteiger charge is -2.27. The van der Waals surface area contributed by atoms with Crippen LogP contribution in [0.5, 0.6) is 5.75 Å². The van der Waals surface area contributed by atoms with Crippen molar-refractivity contribution in [2.24, 2.45) is 0 Å². The van der Waals surface area contributed by atoms with Gasteiger partial charge in [-0.1, -0.05) is 6.07 Å². The van der Waals surface area contributed by atoms with Gasteiger partial charge in [-0.3, -0.25) is 34.2 Å². The Bertz CT molecular complexity index is 930. The number of rotatable bonds is 6. The van der Waals surface area contributed by atoms with Crippen molar-refractivity contribution in [1.82, 2.24) is 20.9 Å². The van der Waals surface area contributed by atoms with E-state index in [1.807, 2.05) is 0 Å². The molecule has 10 nitrogen and oxygen atoms in total. The van der Waals surface area contributed by atoms with Crippen molar-refractivity contribution >= 4 is 41.9 Å². The first-order valence-electron chi connectivity index (χ1n) is 9.93. The average Bonchev–Trinajstić information content (AvgIpc) is 3.33. The number of halogens is 1. The zero-order valence-electron chi connectivity index (χ0n) is 16.6. The molecule has 1 aromatic rings. The number of hydrogen-bond acceptors (Lipinski definition) is 7. The number of amides is 5. The molecule has 0 aromatic heterocycles. The topological polar surface area (TPSA) is 134 Å². The van der Waals surface area contributed by atoms with Gasteiger partial charge in [0, 0.05) is 19.0 Å². The maximum atomic E-state index is 13.0. The summed E-state index contributed by atoms with van der Waals surface area (Å²) in [7, 11) is 0. The van der Waals surface area contributed by atoms with E-state index in [-0.39, 0.29) is 60.7 Å². The monoisotopic (exact) mass is 450 g/mol. The molecule has 3 heterocycles. The minimum atomic E-state index is -1.05. The molecule has 2 saturated heterocycles. The van der Waals surface area contributed by atoms with Gasteiger partial charge in [0.2, 0.25) is 11.8 Å². The first kappa shape index (κ1) is 22.7. The van der Waals surface area contributed by atoms with Crippen molar-refractivity contribution in [3.8, 4) is 5.75 Å². The van der Waals surface area contributed by atoms with E-state index in [4.69, 9.17) is 4.74 Å². The second-order valence-corrected chi connectivity index (χ2v) is 7.51. The molecule has 0 saturated carbocycles. The summed E-state index contributed by atoms with van der Waals surface area (Å²) in [6.07, 6.45) is 2.19. The summed E-state index contributed by atoms with van der Waals surface area (Å²) < 4.78 is 5.54. The highest BCUT2D eigenvalue weighted by Crippen LogP contribution is 2.33. The number of piperidine rings is 1. The molecular formula is C20H23ClN4O6. The Morgan fingerprint density at radius 2 is 1.97 bits per heavy atom. The summed E-state index contributed by atoms with van der Waals surface area (Å²) in [5, 5.41) is 8.21. The molecule has 2 fully saturated rings. The van der Waals surface area contributed by atoms with Gasteiger partial charge in [-0.2, -0.15) is 0 Å². The van der Waals surface area contributed by atoms with Crippen LogP contribution in [0.3, 0.4) is 0 Å². The number of nitrogens with zero attached hydrogens (tertiary/aromatic N) is 1. The van der Waals surface area contributed by atoms with E-state index in [0.29, 0.717) is 6.54 Å². The molecule has 3 N–H and O–H groups in total. The molecule has 1 unspecified atom stereocenters. The minimum Gasteiger partial charge on any atom is -0.483 e. The maximum absolute atomic E-state index is 13.0. The number of ether oxygens (including phenoxy) is 1. The number of hydrogen-bond donors (Lipinski definition) is 3. The molecule has 31 heavy (non-hydrogen) atoms. The summed E-state index contributed by atoms with van der Waals surface area (Å²) in [6.45, 7) is 1.13. The fraction of sp³-hybridized carbons (Fsp3) is 0.450. The van der Waals surface area contributed by atoms with Crippen LogP contribution in [-0.2, 0) is 14.4 Å². The number of imide groups is 2. The van der Waals surface area contributed by atoms with Crippen molar-refractivity contribution in [2.75, 3.05) is 19.7 Å². The Labute approximate surface area is 184 Å². The van der Waals surface area contributed by atoms with Gasteiger partial charge in [-0.25, -0.2) is 0 Å². The van der Waals surface area contributed by atoms with Gasteiger partial charge in [0.05, 0.1) is 11.1 Å². The minimum absolute atomic E-state index is 0. The quantitative estimate of drug-likeness (QED) is 0.509. The van der Waals surface area contributed by atoms with Crippen LogP contribution in [-0.4, -0.2) is 66.2 Å². The van der Waals surface area contributed by atoms with Crippen LogP contribution >= 0.6 is 12.4 Å². The Kier molecular flexibility index (Phi) is 6.91. The van der Waals surface area contributed by atoms with Crippen LogP contribution in [0.4, 0.5) is 0 Å². The highest BCUT2D eigenvalue weighted by atomic mass is 35.5. The molecule has 2 atom stereocenters. The number of benzene rings is 1. The third-order valence-electron chi connectivity index (χ3n) is 5.50. The lowest BCUT2D eigenvalue weighted by molar-refractivity contribution is -0.136. The summed E-state index contributed by atoms with van der Waals surface area (Å²) in [4.78, 5) is 62.2. The zero-order valence-corrected chi connectivity index (χ0v) is 17.5. The van der Waals surface area contributed by atoms with E-state index in [1.165, 1.54) is 12.1 Å². The van der Waals surface area contributed by atoms with Gasteiger partial charge in [-0.05, 0) is 37.9 Å². The Morgan fingerprint density at radius 3 is 2.68 bits per heavy atom. The molecule has 4 rings (SSSR count). The molecule has 0 radical (unpaired) electrons. The Hall–Kier alpha value is -2.98. The summed E-state index contributed by atoms with van der Waals surface area (Å²) in [5.74, 6) is -2.63. The second-order valence-electron chi connectivity index (χ2n) is 7.51. The van der Waals surface area contributed by atoms with E-state index in [9.17, 15) is 24.0 Å². The molecule has 5 amide bonds. The summed E-state index contributed by atoms with van der Waals surface area (Å²) in [5.41, 5.74) is 0.134. The second kappa shape index (κ2) is 9.44. The molecule has 1 aromatic carbocycles. The highest BCUT2D eigenvalue weighted by molar-refractivity contribution is 6.24. The Balaban J connectivity index is 0.00000272. The predicted octanol–water partition coefficient (Wildman–Crippen LogP) is -0.243. The Morgan fingerprint density at radius 1 is 1.16 bits per heavy atom. The van der Waals surface area contributed by atoms with Crippen molar-refractivity contribution in [3.63, 3.8) is 0 Å². The number of nitrogens with one attached hydrogen (secondary N) is 3. The van der Waals surface area contributed by atoms with Gasteiger partial charge in [0.15, 0.2) is 6.61 Å². The van der Waals surface area contributed by atoms with Crippen LogP contribution in [0.25, 0.3) is 0 Å². The third kappa shape index (κ3) is 4.54. The number of carbonyl (C=O) groups excluding carboxylic acids is 5. The van der Waals surface area contributed by atoms with Crippen LogP contribution < -0.4 is 20.7 Å². The fourth-order valence-electron chi connectivity index (χ4n) is 3.97. The van der Waals surface area contributed by atoms with E-state index in [2.05, 4.69) is 16.0 Å². The van der Waals surface area contributed by atoms with E-state index in [0.717, 1.165) is 24.3 Å². The van der Waals surface area contributed by atoms with Crippen LogP contribution in [0.15, 0.2) is 18.2 Å². The number of carbonyl (C=O) groups is 5. The average molecular weight is 451 g/mol. The molecule has 0 bridgehead atoms. The van der Waals surface area contributed by atoms with Crippen LogP contribution in [0.2, 0.25) is 0 Å². The van der Waals surface area contributed by atoms with E-state index < -0.39 is 29.7 Å². The molecular weight excluding hydrogens is 428 g/mol. The summed E-state index contributed by atoms with van der Waals surface area (Å²) in [6, 6.07) is 3.72. The zero-order chi connectivity index (χ0) is 21.3. The van der Waals surface area contributed by atoms with Crippen molar-refractivity contribution in [1.29, 1.82) is 0 Å². The summed E-state index contributed by atoms with van der Waals surface area (Å²) >= 11 is 0. The highest BCUT2D eigenvalue weighted by Gasteiger charge is 2.46. The van der Waals surface area contributed by atoms with Gasteiger partial charge >= 0.3 is 0 Å². The SMILES string of the molecule is Cl.O=C(COc1cccc2c1C(=O)N(C1CCC(=O)NC1=O)C2=O)NC[C@H]1CCCN1. The van der Waals surface area contributed by atoms with Crippen molar-refractivity contribution < 1.29 is 28.7 Å². The van der Waals surface area contributed by atoms with Gasteiger partial charge < -0.3 is 15.4 Å². The maximum Gasteiger partial charge on any atom is 0.266 e. The predicted molar refractivity (Wildman–Crippen MR) is 110 cm³/mol. The first-order chi connectivity index (χ1) is 14.5. The standard InChI is InChI=1S/C20H22N4O6.ClH/c25-15-7-6-13(18(27)23-15)24-19(28)12-4-1-5-14(17(12)20(24)29)30-10-16(26)22-9-11-3-2-8-21-11;/h1,4-5,11,13,21H,2-3,6-10H2,(H,22,26)(H,23,25,27);1H/t11-,13?;/m1./s1. The van der Waals surface area contributed by atoms with Gasteiger partial charge in [-0.15, -0.1) is 12.4 Å². The van der Waals surface area contributed by atoms with Gasteiger partial charge in [0.1, 0.15) is 11.8 Å². The fourth-order valence-corrected chi connectivity index (χ4v) is 3.97. The molecule has 0 aliphatic carbocycles. The van der Waals surface area contributed by atoms with E-state index in [1.54, 1.807) is 6.07 Å². The van der Waals surface area contributed by atoms with Gasteiger partial charge in [0.25, 0.3) is 17.7 Å². The van der Waals surface area contributed by atoms with Crippen LogP contribution in [0.1, 0.15) is 46.4 Å². The van der Waals surface area contributed by atoms with Crippen molar-refractivity contribution in [3.05, 3.63) is 29.3 Å². The third-order valence-corrected chi connectivity index (χ3v) is 5.50. The van der Waals surface area contributed by atoms with Crippen molar-refractivity contribution in [2.45, 2.75) is 37.8 Å².